The van der Waals surface area contributed by atoms with Crippen LogP contribution in [0.15, 0.2) is 12.3 Å². The van der Waals surface area contributed by atoms with Crippen LogP contribution in [0.5, 0.6) is 0 Å². The zero-order chi connectivity index (χ0) is 11.1. The van der Waals surface area contributed by atoms with Gasteiger partial charge in [-0.1, -0.05) is 0 Å². The number of aromatic nitrogens is 1. The highest BCUT2D eigenvalue weighted by atomic mass is 32.2. The van der Waals surface area contributed by atoms with E-state index in [2.05, 4.69) is 4.98 Å². The van der Waals surface area contributed by atoms with Crippen LogP contribution in [0.4, 0.5) is 0 Å². The molecule has 1 aromatic heterocycles. The molecule has 1 aliphatic heterocycles. The van der Waals surface area contributed by atoms with Gasteiger partial charge in [0.1, 0.15) is 0 Å². The van der Waals surface area contributed by atoms with Crippen LogP contribution in [0.2, 0.25) is 0 Å². The van der Waals surface area contributed by atoms with Crippen molar-refractivity contribution in [2.24, 2.45) is 0 Å². The largest absolute Gasteiger partial charge is 0.478 e. The number of carboxylic acids is 1. The van der Waals surface area contributed by atoms with Crippen LogP contribution >= 0.6 is 0 Å². The first-order valence-electron chi connectivity index (χ1n) is 4.39. The standard InChI is InChI=1S/C9H9NO4S/c11-9(12)7-3-6-1-2-15(13,14)5-8(6)10-4-7/h3-4H,1-2,5H2,(H,11,12). The molecule has 1 N–H and O–H groups in total. The van der Waals surface area contributed by atoms with Gasteiger partial charge in [0.15, 0.2) is 9.84 Å². The summed E-state index contributed by atoms with van der Waals surface area (Å²) < 4.78 is 22.6. The van der Waals surface area contributed by atoms with E-state index in [-0.39, 0.29) is 17.1 Å². The summed E-state index contributed by atoms with van der Waals surface area (Å²) in [4.78, 5) is 14.5. The summed E-state index contributed by atoms with van der Waals surface area (Å²) in [5, 5.41) is 8.73. The molecule has 0 aromatic carbocycles. The van der Waals surface area contributed by atoms with Gasteiger partial charge in [-0.15, -0.1) is 0 Å². The molecule has 1 aliphatic rings. The van der Waals surface area contributed by atoms with Gasteiger partial charge >= 0.3 is 5.97 Å². The number of carbonyl (C=O) groups is 1. The molecule has 0 aliphatic carbocycles. The van der Waals surface area contributed by atoms with E-state index in [0.29, 0.717) is 12.1 Å². The van der Waals surface area contributed by atoms with Gasteiger partial charge in [-0.05, 0) is 18.1 Å². The van der Waals surface area contributed by atoms with Gasteiger partial charge in [0.05, 0.1) is 22.8 Å². The van der Waals surface area contributed by atoms with Gasteiger partial charge in [-0.2, -0.15) is 0 Å². The monoisotopic (exact) mass is 227 g/mol. The normalized spacial score (nSPS) is 18.1. The first-order valence-corrected chi connectivity index (χ1v) is 6.21. The van der Waals surface area contributed by atoms with Crippen LogP contribution in [0.3, 0.4) is 0 Å². The maximum absolute atomic E-state index is 11.3. The Labute approximate surface area is 86.7 Å². The van der Waals surface area contributed by atoms with Gasteiger partial charge < -0.3 is 5.11 Å². The van der Waals surface area contributed by atoms with E-state index in [1.807, 2.05) is 0 Å². The first-order chi connectivity index (χ1) is 6.98. The zero-order valence-corrected chi connectivity index (χ0v) is 8.62. The molecular formula is C9H9NO4S. The molecule has 0 fully saturated rings. The Bertz CT molecular complexity index is 521. The van der Waals surface area contributed by atoms with Gasteiger partial charge in [0.2, 0.25) is 0 Å². The number of pyridine rings is 1. The van der Waals surface area contributed by atoms with Crippen molar-refractivity contribution in [3.63, 3.8) is 0 Å². The molecule has 0 amide bonds. The van der Waals surface area contributed by atoms with E-state index in [0.717, 1.165) is 5.56 Å². The molecule has 1 aromatic rings. The Hall–Kier alpha value is -1.43. The van der Waals surface area contributed by atoms with E-state index >= 15 is 0 Å². The molecule has 6 heteroatoms. The Morgan fingerprint density at radius 3 is 2.87 bits per heavy atom. The molecule has 0 bridgehead atoms. The quantitative estimate of drug-likeness (QED) is 0.743. The van der Waals surface area contributed by atoms with Gasteiger partial charge in [0.25, 0.3) is 0 Å². The molecular weight excluding hydrogens is 218 g/mol. The van der Waals surface area contributed by atoms with Crippen LogP contribution in [0.25, 0.3) is 0 Å². The average molecular weight is 227 g/mol. The van der Waals surface area contributed by atoms with Crippen molar-refractivity contribution in [3.05, 3.63) is 29.1 Å². The van der Waals surface area contributed by atoms with Crippen molar-refractivity contribution < 1.29 is 18.3 Å². The third-order valence-corrected chi connectivity index (χ3v) is 3.89. The summed E-state index contributed by atoms with van der Waals surface area (Å²) in [7, 11) is -3.04. The Morgan fingerprint density at radius 1 is 1.47 bits per heavy atom. The van der Waals surface area contributed by atoms with Crippen molar-refractivity contribution >= 4 is 15.8 Å². The number of fused-ring (bicyclic) bond motifs is 1. The molecule has 15 heavy (non-hydrogen) atoms. The molecule has 0 unspecified atom stereocenters. The van der Waals surface area contributed by atoms with Crippen LogP contribution in [-0.4, -0.2) is 30.2 Å². The Balaban J connectivity index is 2.45. The predicted octanol–water partition coefficient (Wildman–Crippen LogP) is 0.251. The summed E-state index contributed by atoms with van der Waals surface area (Å²) in [5.41, 5.74) is 1.31. The minimum atomic E-state index is -3.04. The van der Waals surface area contributed by atoms with E-state index in [1.165, 1.54) is 12.3 Å². The topological polar surface area (TPSA) is 84.3 Å². The second kappa shape index (κ2) is 3.30. The van der Waals surface area contributed by atoms with Gasteiger partial charge in [-0.25, -0.2) is 13.2 Å². The lowest BCUT2D eigenvalue weighted by molar-refractivity contribution is 0.0696. The van der Waals surface area contributed by atoms with E-state index < -0.39 is 15.8 Å². The van der Waals surface area contributed by atoms with Crippen LogP contribution in [-0.2, 0) is 22.0 Å². The number of sulfone groups is 1. The van der Waals surface area contributed by atoms with Gasteiger partial charge in [-0.3, -0.25) is 4.98 Å². The molecule has 0 radical (unpaired) electrons. The lowest BCUT2D eigenvalue weighted by atomic mass is 10.1. The maximum atomic E-state index is 11.3. The first kappa shape index (κ1) is 10.1. The van der Waals surface area contributed by atoms with Crippen LogP contribution in [0, 0.1) is 0 Å². The highest BCUT2D eigenvalue weighted by Gasteiger charge is 2.23. The molecule has 5 nitrogen and oxygen atoms in total. The van der Waals surface area contributed by atoms with Crippen LogP contribution < -0.4 is 0 Å². The second-order valence-electron chi connectivity index (χ2n) is 3.48. The molecule has 2 heterocycles. The number of hydrogen-bond donors (Lipinski definition) is 1. The lowest BCUT2D eigenvalue weighted by Crippen LogP contribution is -2.20. The Kier molecular flexibility index (Phi) is 2.22. The number of aryl methyl sites for hydroxylation is 1. The van der Waals surface area contributed by atoms with E-state index in [1.54, 1.807) is 0 Å². The molecule has 80 valence electrons. The molecule has 0 atom stereocenters. The predicted molar refractivity (Wildman–Crippen MR) is 52.4 cm³/mol. The van der Waals surface area contributed by atoms with Crippen LogP contribution in [0.1, 0.15) is 21.6 Å². The fourth-order valence-corrected chi connectivity index (χ4v) is 2.90. The van der Waals surface area contributed by atoms with E-state index in [9.17, 15) is 13.2 Å². The lowest BCUT2D eigenvalue weighted by Gasteiger charge is -2.15. The molecule has 0 saturated heterocycles. The summed E-state index contributed by atoms with van der Waals surface area (Å²) in [5.74, 6) is -1.05. The third-order valence-electron chi connectivity index (χ3n) is 2.35. The molecule has 0 spiro atoms. The van der Waals surface area contributed by atoms with Crippen molar-refractivity contribution in [1.29, 1.82) is 0 Å². The summed E-state index contributed by atoms with van der Waals surface area (Å²) in [6.45, 7) is 0. The molecule has 2 rings (SSSR count). The van der Waals surface area contributed by atoms with Gasteiger partial charge in [0, 0.05) is 6.20 Å². The molecule has 0 saturated carbocycles. The van der Waals surface area contributed by atoms with E-state index in [4.69, 9.17) is 5.11 Å². The fraction of sp³-hybridized carbons (Fsp3) is 0.333. The number of carboxylic acid groups (broad SMARTS) is 1. The maximum Gasteiger partial charge on any atom is 0.337 e. The SMILES string of the molecule is O=C(O)c1cnc2c(c1)CCS(=O)(=O)C2. The fourth-order valence-electron chi connectivity index (χ4n) is 1.55. The smallest absolute Gasteiger partial charge is 0.337 e. The van der Waals surface area contributed by atoms with Crippen molar-refractivity contribution in [3.8, 4) is 0 Å². The minimum absolute atomic E-state index is 0.0742. The number of rotatable bonds is 1. The van der Waals surface area contributed by atoms with Crippen molar-refractivity contribution in [1.82, 2.24) is 4.98 Å². The average Bonchev–Trinajstić information content (AvgIpc) is 2.15. The summed E-state index contributed by atoms with van der Waals surface area (Å²) >= 11 is 0. The minimum Gasteiger partial charge on any atom is -0.478 e. The highest BCUT2D eigenvalue weighted by Crippen LogP contribution is 2.19. The third kappa shape index (κ3) is 1.99. The van der Waals surface area contributed by atoms with Crippen molar-refractivity contribution in [2.45, 2.75) is 12.2 Å². The van der Waals surface area contributed by atoms with Crippen molar-refractivity contribution in [2.75, 3.05) is 5.75 Å². The Morgan fingerprint density at radius 2 is 2.20 bits per heavy atom. The number of nitrogens with zero attached hydrogens (tertiary/aromatic N) is 1. The summed E-state index contributed by atoms with van der Waals surface area (Å²) in [6, 6.07) is 1.50. The second-order valence-corrected chi connectivity index (χ2v) is 5.66. The summed E-state index contributed by atoms with van der Waals surface area (Å²) in [6.07, 6.45) is 1.55. The number of aromatic carboxylic acids is 1. The number of hydrogen-bond acceptors (Lipinski definition) is 4. The highest BCUT2D eigenvalue weighted by molar-refractivity contribution is 7.90. The zero-order valence-electron chi connectivity index (χ0n) is 7.80.